The monoisotopic (exact) mass is 226 g/mol. The Bertz CT molecular complexity index is 261. The molecule has 0 saturated carbocycles. The van der Waals surface area contributed by atoms with E-state index in [0.717, 1.165) is 19.4 Å². The minimum atomic E-state index is 0.145. The number of amides is 1. The molecule has 2 N–H and O–H groups in total. The number of aliphatic imine (C=N–C) groups is 1. The van der Waals surface area contributed by atoms with Crippen molar-refractivity contribution in [3.8, 4) is 0 Å². The predicted molar refractivity (Wildman–Crippen MR) is 67.0 cm³/mol. The Labute approximate surface area is 97.6 Å². The molecule has 5 heteroatoms. The Kier molecular flexibility index (Phi) is 7.20. The van der Waals surface area contributed by atoms with Crippen molar-refractivity contribution < 1.29 is 4.79 Å². The first-order chi connectivity index (χ1) is 7.52. The molecule has 0 rings (SSSR count). The highest BCUT2D eigenvalue weighted by molar-refractivity contribution is 5.88. The Balaban J connectivity index is 4.56. The van der Waals surface area contributed by atoms with Crippen molar-refractivity contribution in [2.75, 3.05) is 20.6 Å². The van der Waals surface area contributed by atoms with E-state index in [4.69, 9.17) is 5.73 Å². The lowest BCUT2D eigenvalue weighted by molar-refractivity contribution is -0.114. The van der Waals surface area contributed by atoms with Crippen LogP contribution in [-0.4, -0.2) is 48.9 Å². The van der Waals surface area contributed by atoms with Crippen LogP contribution in [0.3, 0.4) is 0 Å². The minimum absolute atomic E-state index is 0.145. The van der Waals surface area contributed by atoms with E-state index in [-0.39, 0.29) is 6.04 Å². The number of allylic oxidation sites excluding steroid dienone is 1. The zero-order valence-electron chi connectivity index (χ0n) is 10.6. The molecule has 0 spiro atoms. The molecule has 0 heterocycles. The average molecular weight is 226 g/mol. The molecule has 0 fully saturated rings. The molecule has 5 nitrogen and oxygen atoms in total. The predicted octanol–water partition coefficient (Wildman–Crippen LogP) is 0.633. The summed E-state index contributed by atoms with van der Waals surface area (Å²) in [4.78, 5) is 18.3. The maximum Gasteiger partial charge on any atom is 0.216 e. The molecule has 0 aromatic carbocycles. The number of nitrogens with zero attached hydrogens (tertiary/aromatic N) is 3. The van der Waals surface area contributed by atoms with E-state index in [1.54, 1.807) is 13.2 Å². The summed E-state index contributed by atoms with van der Waals surface area (Å²) in [7, 11) is 3.57. The number of carbonyl (C=O) groups excluding carboxylic acids is 1. The summed E-state index contributed by atoms with van der Waals surface area (Å²) >= 11 is 0. The van der Waals surface area contributed by atoms with Crippen LogP contribution < -0.4 is 5.73 Å². The van der Waals surface area contributed by atoms with Gasteiger partial charge in [-0.1, -0.05) is 6.08 Å². The zero-order chi connectivity index (χ0) is 12.6. The SMILES string of the molecule is C/C=C/N=C(N(C)C=O)N(C)CCC(C)N. The molecule has 0 aliphatic heterocycles. The van der Waals surface area contributed by atoms with Gasteiger partial charge in [-0.25, -0.2) is 4.99 Å². The molecule has 1 amide bonds. The van der Waals surface area contributed by atoms with Crippen LogP contribution in [0.5, 0.6) is 0 Å². The lowest BCUT2D eigenvalue weighted by Crippen LogP contribution is -2.41. The highest BCUT2D eigenvalue weighted by Crippen LogP contribution is 1.97. The van der Waals surface area contributed by atoms with Crippen LogP contribution in [0.15, 0.2) is 17.3 Å². The van der Waals surface area contributed by atoms with Gasteiger partial charge in [0.15, 0.2) is 0 Å². The zero-order valence-corrected chi connectivity index (χ0v) is 10.6. The van der Waals surface area contributed by atoms with Gasteiger partial charge in [-0.05, 0) is 20.3 Å². The van der Waals surface area contributed by atoms with Gasteiger partial charge in [0.25, 0.3) is 0 Å². The van der Waals surface area contributed by atoms with Crippen molar-refractivity contribution >= 4 is 12.4 Å². The third-order valence-corrected chi connectivity index (χ3v) is 2.07. The van der Waals surface area contributed by atoms with Crippen LogP contribution in [0.2, 0.25) is 0 Å². The first-order valence-corrected chi connectivity index (χ1v) is 5.36. The van der Waals surface area contributed by atoms with Gasteiger partial charge >= 0.3 is 0 Å². The highest BCUT2D eigenvalue weighted by Gasteiger charge is 2.10. The van der Waals surface area contributed by atoms with Crippen molar-refractivity contribution in [3.63, 3.8) is 0 Å². The number of rotatable bonds is 5. The molecular weight excluding hydrogens is 204 g/mol. The van der Waals surface area contributed by atoms with Gasteiger partial charge in [0.1, 0.15) is 0 Å². The number of hydrogen-bond acceptors (Lipinski definition) is 3. The minimum Gasteiger partial charge on any atom is -0.345 e. The first-order valence-electron chi connectivity index (χ1n) is 5.36. The Morgan fingerprint density at radius 3 is 2.56 bits per heavy atom. The van der Waals surface area contributed by atoms with Gasteiger partial charge in [-0.15, -0.1) is 0 Å². The van der Waals surface area contributed by atoms with Gasteiger partial charge in [0.05, 0.1) is 0 Å². The summed E-state index contributed by atoms with van der Waals surface area (Å²) in [5.41, 5.74) is 5.69. The normalized spacial score (nSPS) is 13.9. The van der Waals surface area contributed by atoms with Gasteiger partial charge in [-0.2, -0.15) is 0 Å². The number of guanidine groups is 1. The number of nitrogens with two attached hydrogens (primary N) is 1. The maximum atomic E-state index is 10.7. The van der Waals surface area contributed by atoms with E-state index >= 15 is 0 Å². The molecule has 92 valence electrons. The molecule has 0 radical (unpaired) electrons. The van der Waals surface area contributed by atoms with E-state index < -0.39 is 0 Å². The molecule has 0 aromatic rings. The van der Waals surface area contributed by atoms with Crippen LogP contribution in [0.1, 0.15) is 20.3 Å². The van der Waals surface area contributed by atoms with Gasteiger partial charge < -0.3 is 10.6 Å². The van der Waals surface area contributed by atoms with E-state index in [2.05, 4.69) is 4.99 Å². The maximum absolute atomic E-state index is 10.7. The summed E-state index contributed by atoms with van der Waals surface area (Å²) < 4.78 is 0. The molecule has 0 aliphatic rings. The molecule has 0 aliphatic carbocycles. The third-order valence-electron chi connectivity index (χ3n) is 2.07. The Hall–Kier alpha value is -1.36. The smallest absolute Gasteiger partial charge is 0.216 e. The second-order valence-electron chi connectivity index (χ2n) is 3.82. The molecule has 0 bridgehead atoms. The second-order valence-corrected chi connectivity index (χ2v) is 3.82. The summed E-state index contributed by atoms with van der Waals surface area (Å²) in [6.45, 7) is 4.61. The molecular formula is C11H22N4O. The number of carbonyl (C=O) groups is 1. The standard InChI is InChI=1S/C11H22N4O/c1-5-7-13-11(15(4)9-16)14(3)8-6-10(2)12/h5,7,9-10H,6,8,12H2,1-4H3/b7-5+,13-11?. The van der Waals surface area contributed by atoms with Crippen LogP contribution in [0.4, 0.5) is 0 Å². The molecule has 0 aromatic heterocycles. The molecule has 16 heavy (non-hydrogen) atoms. The van der Waals surface area contributed by atoms with Gasteiger partial charge in [0, 0.05) is 32.9 Å². The summed E-state index contributed by atoms with van der Waals surface area (Å²) in [5, 5.41) is 0. The fraction of sp³-hybridized carbons (Fsp3) is 0.636. The Morgan fingerprint density at radius 2 is 2.12 bits per heavy atom. The van der Waals surface area contributed by atoms with Gasteiger partial charge in [-0.3, -0.25) is 9.69 Å². The van der Waals surface area contributed by atoms with E-state index in [1.165, 1.54) is 4.90 Å². The third kappa shape index (κ3) is 5.50. The van der Waals surface area contributed by atoms with Crippen LogP contribution in [0, 0.1) is 0 Å². The lowest BCUT2D eigenvalue weighted by atomic mass is 10.2. The molecule has 0 saturated heterocycles. The highest BCUT2D eigenvalue weighted by atomic mass is 16.1. The van der Waals surface area contributed by atoms with Crippen LogP contribution in [-0.2, 0) is 4.79 Å². The quantitative estimate of drug-likeness (QED) is 0.425. The molecule has 1 unspecified atom stereocenters. The van der Waals surface area contributed by atoms with Gasteiger partial charge in [0.2, 0.25) is 12.4 Å². The van der Waals surface area contributed by atoms with Crippen molar-refractivity contribution in [1.82, 2.24) is 9.80 Å². The first kappa shape index (κ1) is 14.6. The van der Waals surface area contributed by atoms with Crippen molar-refractivity contribution in [2.45, 2.75) is 26.3 Å². The van der Waals surface area contributed by atoms with E-state index in [1.807, 2.05) is 31.9 Å². The molecule has 1 atom stereocenters. The van der Waals surface area contributed by atoms with E-state index in [9.17, 15) is 4.79 Å². The van der Waals surface area contributed by atoms with Crippen LogP contribution >= 0.6 is 0 Å². The number of hydrogen-bond donors (Lipinski definition) is 1. The fourth-order valence-electron chi connectivity index (χ4n) is 1.14. The van der Waals surface area contributed by atoms with Crippen molar-refractivity contribution in [2.24, 2.45) is 10.7 Å². The largest absolute Gasteiger partial charge is 0.345 e. The summed E-state index contributed by atoms with van der Waals surface area (Å²) in [6.07, 6.45) is 5.08. The average Bonchev–Trinajstić information content (AvgIpc) is 2.26. The van der Waals surface area contributed by atoms with Crippen LogP contribution in [0.25, 0.3) is 0 Å². The topological polar surface area (TPSA) is 61.9 Å². The Morgan fingerprint density at radius 1 is 1.50 bits per heavy atom. The fourth-order valence-corrected chi connectivity index (χ4v) is 1.14. The second kappa shape index (κ2) is 7.87. The lowest BCUT2D eigenvalue weighted by Gasteiger charge is -2.25. The summed E-state index contributed by atoms with van der Waals surface area (Å²) in [6, 6.07) is 0.145. The van der Waals surface area contributed by atoms with E-state index in [0.29, 0.717) is 5.96 Å². The summed E-state index contributed by atoms with van der Waals surface area (Å²) in [5.74, 6) is 0.619. The van der Waals surface area contributed by atoms with Crippen molar-refractivity contribution in [3.05, 3.63) is 12.3 Å². The van der Waals surface area contributed by atoms with Crippen molar-refractivity contribution in [1.29, 1.82) is 0 Å².